The van der Waals surface area contributed by atoms with Gasteiger partial charge in [0.25, 0.3) is 0 Å². The lowest BCUT2D eigenvalue weighted by atomic mass is 9.89. The van der Waals surface area contributed by atoms with Gasteiger partial charge in [0.1, 0.15) is 12.1 Å². The largest absolute Gasteiger partial charge is 0.381 e. The normalized spacial score (nSPS) is 16.8. The Morgan fingerprint density at radius 2 is 2.12 bits per heavy atom. The van der Waals surface area contributed by atoms with Crippen molar-refractivity contribution >= 4 is 16.8 Å². The second kappa shape index (κ2) is 6.33. The van der Waals surface area contributed by atoms with Crippen LogP contribution in [0.5, 0.6) is 0 Å². The molecular weight excluding hydrogens is 320 g/mol. The van der Waals surface area contributed by atoms with Crippen molar-refractivity contribution in [1.82, 2.24) is 20.0 Å². The lowest BCUT2D eigenvalue weighted by Crippen LogP contribution is -2.51. The van der Waals surface area contributed by atoms with E-state index in [1.165, 1.54) is 6.39 Å². The quantitative estimate of drug-likeness (QED) is 0.787. The Morgan fingerprint density at radius 3 is 2.88 bits per heavy atom. The minimum Gasteiger partial charge on any atom is -0.381 e. The summed E-state index contributed by atoms with van der Waals surface area (Å²) in [5.74, 6) is 0.439. The SMILES string of the molecule is Cc1cc2ccccc2n1CC(=O)NC1(c2ncon2)CCOCC1. The molecule has 3 heterocycles. The summed E-state index contributed by atoms with van der Waals surface area (Å²) in [6, 6.07) is 10.1. The summed E-state index contributed by atoms with van der Waals surface area (Å²) >= 11 is 0. The molecule has 130 valence electrons. The molecule has 1 saturated heterocycles. The highest BCUT2D eigenvalue weighted by atomic mass is 16.5. The molecule has 0 saturated carbocycles. The third-order valence-corrected chi connectivity index (χ3v) is 4.83. The van der Waals surface area contributed by atoms with Crippen LogP contribution >= 0.6 is 0 Å². The molecule has 25 heavy (non-hydrogen) atoms. The van der Waals surface area contributed by atoms with Crippen LogP contribution in [0.3, 0.4) is 0 Å². The third-order valence-electron chi connectivity index (χ3n) is 4.83. The molecule has 7 nitrogen and oxygen atoms in total. The van der Waals surface area contributed by atoms with Gasteiger partial charge in [0.05, 0.1) is 0 Å². The van der Waals surface area contributed by atoms with Crippen LogP contribution in [0.4, 0.5) is 0 Å². The minimum absolute atomic E-state index is 0.0730. The van der Waals surface area contributed by atoms with Crippen LogP contribution in [-0.4, -0.2) is 33.8 Å². The number of aromatic nitrogens is 3. The summed E-state index contributed by atoms with van der Waals surface area (Å²) < 4.78 is 12.4. The standard InChI is InChI=1S/C18H20N4O3/c1-13-10-14-4-2-3-5-15(14)22(13)11-16(23)20-18(6-8-24-9-7-18)17-19-12-25-21-17/h2-5,10,12H,6-9,11H2,1H3,(H,20,23). The number of hydrogen-bond acceptors (Lipinski definition) is 5. The topological polar surface area (TPSA) is 82.2 Å². The molecular formula is C18H20N4O3. The molecule has 2 aromatic heterocycles. The van der Waals surface area contributed by atoms with Gasteiger partial charge in [0, 0.05) is 37.3 Å². The molecule has 1 aliphatic rings. The van der Waals surface area contributed by atoms with E-state index in [4.69, 9.17) is 9.26 Å². The van der Waals surface area contributed by atoms with Crippen LogP contribution < -0.4 is 5.32 Å². The van der Waals surface area contributed by atoms with Crippen LogP contribution in [0.15, 0.2) is 41.2 Å². The molecule has 1 N–H and O–H groups in total. The number of para-hydroxylation sites is 1. The maximum absolute atomic E-state index is 12.8. The molecule has 1 aromatic carbocycles. The molecule has 0 bridgehead atoms. The molecule has 3 aromatic rings. The number of rotatable bonds is 4. The first-order chi connectivity index (χ1) is 12.2. The monoisotopic (exact) mass is 340 g/mol. The molecule has 0 atom stereocenters. The van der Waals surface area contributed by atoms with E-state index in [0.29, 0.717) is 31.9 Å². The number of benzene rings is 1. The smallest absolute Gasteiger partial charge is 0.240 e. The van der Waals surface area contributed by atoms with E-state index < -0.39 is 5.54 Å². The van der Waals surface area contributed by atoms with Gasteiger partial charge < -0.3 is 19.1 Å². The summed E-state index contributed by atoms with van der Waals surface area (Å²) in [5.41, 5.74) is 1.48. The number of hydrogen-bond donors (Lipinski definition) is 1. The predicted octanol–water partition coefficient (Wildman–Crippen LogP) is 2.15. The number of amides is 1. The van der Waals surface area contributed by atoms with E-state index in [2.05, 4.69) is 27.6 Å². The number of carbonyl (C=O) groups is 1. The second-order valence-corrected chi connectivity index (χ2v) is 6.43. The summed E-state index contributed by atoms with van der Waals surface area (Å²) in [6.45, 7) is 3.37. The Bertz CT molecular complexity index is 879. The van der Waals surface area contributed by atoms with Crippen molar-refractivity contribution in [2.24, 2.45) is 0 Å². The Morgan fingerprint density at radius 1 is 1.32 bits per heavy atom. The van der Waals surface area contributed by atoms with Gasteiger partial charge in [-0.3, -0.25) is 4.79 Å². The van der Waals surface area contributed by atoms with E-state index in [1.54, 1.807) is 0 Å². The highest BCUT2D eigenvalue weighted by Gasteiger charge is 2.39. The number of aryl methyl sites for hydroxylation is 1. The van der Waals surface area contributed by atoms with E-state index in [0.717, 1.165) is 16.6 Å². The molecule has 0 spiro atoms. The molecule has 7 heteroatoms. The molecule has 1 amide bonds. The first-order valence-corrected chi connectivity index (χ1v) is 8.38. The fourth-order valence-electron chi connectivity index (χ4n) is 3.51. The number of nitrogens with one attached hydrogen (secondary N) is 1. The average Bonchev–Trinajstić information content (AvgIpc) is 3.25. The fourth-order valence-corrected chi connectivity index (χ4v) is 3.51. The summed E-state index contributed by atoms with van der Waals surface area (Å²) in [7, 11) is 0. The van der Waals surface area contributed by atoms with Crippen molar-refractivity contribution in [3.05, 3.63) is 48.2 Å². The Kier molecular flexibility index (Phi) is 4.01. The Hall–Kier alpha value is -2.67. The molecule has 4 rings (SSSR count). The van der Waals surface area contributed by atoms with Crippen LogP contribution in [0, 0.1) is 6.92 Å². The van der Waals surface area contributed by atoms with Crippen molar-refractivity contribution in [3.8, 4) is 0 Å². The van der Waals surface area contributed by atoms with E-state index >= 15 is 0 Å². The minimum atomic E-state index is -0.626. The zero-order valence-corrected chi connectivity index (χ0v) is 14.1. The van der Waals surface area contributed by atoms with Crippen LogP contribution in [0.2, 0.25) is 0 Å². The van der Waals surface area contributed by atoms with Gasteiger partial charge in [0.2, 0.25) is 12.3 Å². The highest BCUT2D eigenvalue weighted by molar-refractivity contribution is 5.84. The lowest BCUT2D eigenvalue weighted by Gasteiger charge is -2.35. The number of nitrogens with zero attached hydrogens (tertiary/aromatic N) is 3. The van der Waals surface area contributed by atoms with Gasteiger partial charge in [0.15, 0.2) is 5.82 Å². The average molecular weight is 340 g/mol. The van der Waals surface area contributed by atoms with E-state index in [9.17, 15) is 4.79 Å². The van der Waals surface area contributed by atoms with Crippen LogP contribution in [0.25, 0.3) is 10.9 Å². The number of fused-ring (bicyclic) bond motifs is 1. The highest BCUT2D eigenvalue weighted by Crippen LogP contribution is 2.30. The predicted molar refractivity (Wildman–Crippen MR) is 90.8 cm³/mol. The fraction of sp³-hybridized carbons (Fsp3) is 0.389. The van der Waals surface area contributed by atoms with Crippen molar-refractivity contribution in [2.75, 3.05) is 13.2 Å². The molecule has 0 radical (unpaired) electrons. The maximum Gasteiger partial charge on any atom is 0.240 e. The summed E-state index contributed by atoms with van der Waals surface area (Å²) in [4.78, 5) is 17.0. The Balaban J connectivity index is 1.59. The summed E-state index contributed by atoms with van der Waals surface area (Å²) in [6.07, 6.45) is 2.55. The number of carbonyl (C=O) groups excluding carboxylic acids is 1. The van der Waals surface area contributed by atoms with Gasteiger partial charge in [-0.2, -0.15) is 4.98 Å². The third kappa shape index (κ3) is 2.91. The van der Waals surface area contributed by atoms with Crippen molar-refractivity contribution in [2.45, 2.75) is 31.8 Å². The van der Waals surface area contributed by atoms with Gasteiger partial charge in [-0.05, 0) is 24.4 Å². The van der Waals surface area contributed by atoms with Crippen molar-refractivity contribution in [3.63, 3.8) is 0 Å². The van der Waals surface area contributed by atoms with E-state index in [1.807, 2.05) is 29.7 Å². The lowest BCUT2D eigenvalue weighted by molar-refractivity contribution is -0.125. The van der Waals surface area contributed by atoms with Gasteiger partial charge in [-0.15, -0.1) is 0 Å². The maximum atomic E-state index is 12.8. The molecule has 0 unspecified atom stereocenters. The van der Waals surface area contributed by atoms with Crippen molar-refractivity contribution in [1.29, 1.82) is 0 Å². The zero-order valence-electron chi connectivity index (χ0n) is 14.1. The first-order valence-electron chi connectivity index (χ1n) is 8.38. The molecule has 0 aliphatic carbocycles. The number of ether oxygens (including phenoxy) is 1. The first kappa shape index (κ1) is 15.8. The zero-order chi connectivity index (χ0) is 17.3. The van der Waals surface area contributed by atoms with Crippen molar-refractivity contribution < 1.29 is 14.1 Å². The summed E-state index contributed by atoms with van der Waals surface area (Å²) in [5, 5.41) is 8.24. The van der Waals surface area contributed by atoms with E-state index in [-0.39, 0.29) is 12.5 Å². The molecule has 1 fully saturated rings. The van der Waals surface area contributed by atoms with Gasteiger partial charge in [-0.1, -0.05) is 23.4 Å². The van der Waals surface area contributed by atoms with Crippen LogP contribution in [-0.2, 0) is 21.6 Å². The second-order valence-electron chi connectivity index (χ2n) is 6.43. The molecule has 1 aliphatic heterocycles. The van der Waals surface area contributed by atoms with Gasteiger partial charge >= 0.3 is 0 Å². The van der Waals surface area contributed by atoms with Gasteiger partial charge in [-0.25, -0.2) is 0 Å². The van der Waals surface area contributed by atoms with Crippen LogP contribution in [0.1, 0.15) is 24.4 Å². The Labute approximate surface area is 145 Å².